The maximum absolute atomic E-state index is 6.08. The lowest BCUT2D eigenvalue weighted by atomic mass is 9.82. The minimum absolute atomic E-state index is 0.139. The molecule has 1 heterocycles. The molecular weight excluding hydrogens is 200 g/mol. The zero-order chi connectivity index (χ0) is 12.3. The highest BCUT2D eigenvalue weighted by molar-refractivity contribution is 4.99. The van der Waals surface area contributed by atoms with Crippen LogP contribution in [-0.4, -0.2) is 24.0 Å². The van der Waals surface area contributed by atoms with E-state index in [1.54, 1.807) is 6.26 Å². The lowest BCUT2D eigenvalue weighted by molar-refractivity contribution is 0.0941. The average Bonchev–Trinajstić information content (AvgIpc) is 2.52. The largest absolute Gasteiger partial charge is 0.468 e. The Hall–Kier alpha value is -0.800. The molecule has 2 N–H and O–H groups in total. The van der Waals surface area contributed by atoms with Crippen molar-refractivity contribution in [1.29, 1.82) is 0 Å². The first-order chi connectivity index (χ1) is 7.32. The fourth-order valence-corrected chi connectivity index (χ4v) is 2.60. The van der Waals surface area contributed by atoms with Crippen LogP contribution in [0.3, 0.4) is 0 Å². The van der Waals surface area contributed by atoms with Crippen LogP contribution in [0.1, 0.15) is 33.5 Å². The third kappa shape index (κ3) is 3.35. The van der Waals surface area contributed by atoms with E-state index in [-0.39, 0.29) is 11.5 Å². The van der Waals surface area contributed by atoms with Gasteiger partial charge in [0.1, 0.15) is 5.76 Å². The van der Waals surface area contributed by atoms with Crippen LogP contribution in [0, 0.1) is 5.41 Å². The Bertz CT molecular complexity index is 298. The third-order valence-corrected chi connectivity index (χ3v) is 2.85. The molecule has 0 radical (unpaired) electrons. The number of nitrogens with two attached hydrogens (primary N) is 1. The molecule has 0 saturated heterocycles. The summed E-state index contributed by atoms with van der Waals surface area (Å²) < 4.78 is 5.36. The van der Waals surface area contributed by atoms with Crippen LogP contribution >= 0.6 is 0 Å². The molecule has 0 fully saturated rings. The minimum Gasteiger partial charge on any atom is -0.468 e. The number of hydrogen-bond donors (Lipinski definition) is 1. The van der Waals surface area contributed by atoms with Gasteiger partial charge < -0.3 is 10.2 Å². The van der Waals surface area contributed by atoms with Gasteiger partial charge in [0.25, 0.3) is 0 Å². The van der Waals surface area contributed by atoms with Crippen molar-refractivity contribution in [3.8, 4) is 0 Å². The van der Waals surface area contributed by atoms with Gasteiger partial charge in [0, 0.05) is 12.1 Å². The van der Waals surface area contributed by atoms with Crippen molar-refractivity contribution < 1.29 is 4.42 Å². The van der Waals surface area contributed by atoms with Crippen LogP contribution in [-0.2, 0) is 6.54 Å². The zero-order valence-corrected chi connectivity index (χ0v) is 11.0. The SMILES string of the molecule is CC(N)C(N(C)Cc1ccco1)C(C)(C)C. The molecule has 0 saturated carbocycles. The lowest BCUT2D eigenvalue weighted by Crippen LogP contribution is -2.51. The molecule has 92 valence electrons. The molecule has 1 aromatic heterocycles. The predicted octanol–water partition coefficient (Wildman–Crippen LogP) is 2.47. The van der Waals surface area contributed by atoms with Crippen molar-refractivity contribution in [2.45, 2.75) is 46.3 Å². The zero-order valence-electron chi connectivity index (χ0n) is 11.0. The monoisotopic (exact) mass is 224 g/mol. The maximum atomic E-state index is 6.08. The second-order valence-electron chi connectivity index (χ2n) is 5.66. The first-order valence-electron chi connectivity index (χ1n) is 5.80. The molecule has 16 heavy (non-hydrogen) atoms. The quantitative estimate of drug-likeness (QED) is 0.854. The highest BCUT2D eigenvalue weighted by atomic mass is 16.3. The molecule has 1 aromatic rings. The van der Waals surface area contributed by atoms with Crippen molar-refractivity contribution in [3.05, 3.63) is 24.2 Å². The molecule has 0 bridgehead atoms. The van der Waals surface area contributed by atoms with Gasteiger partial charge >= 0.3 is 0 Å². The second-order valence-corrected chi connectivity index (χ2v) is 5.66. The summed E-state index contributed by atoms with van der Waals surface area (Å²) in [4.78, 5) is 2.27. The van der Waals surface area contributed by atoms with Gasteiger partial charge in [0.15, 0.2) is 0 Å². The number of rotatable bonds is 4. The Morgan fingerprint density at radius 3 is 2.44 bits per heavy atom. The van der Waals surface area contributed by atoms with E-state index in [1.807, 2.05) is 12.1 Å². The Kier molecular flexibility index (Phi) is 4.16. The molecule has 0 aliphatic carbocycles. The van der Waals surface area contributed by atoms with Crippen molar-refractivity contribution >= 4 is 0 Å². The first kappa shape index (κ1) is 13.3. The molecule has 0 aliphatic rings. The van der Waals surface area contributed by atoms with Gasteiger partial charge in [-0.1, -0.05) is 20.8 Å². The number of furan rings is 1. The number of likely N-dealkylation sites (N-methyl/N-ethyl adjacent to an activating group) is 1. The third-order valence-electron chi connectivity index (χ3n) is 2.85. The van der Waals surface area contributed by atoms with E-state index >= 15 is 0 Å². The molecular formula is C13H24N2O. The average molecular weight is 224 g/mol. The first-order valence-corrected chi connectivity index (χ1v) is 5.80. The molecule has 3 nitrogen and oxygen atoms in total. The van der Waals surface area contributed by atoms with Crippen LogP contribution in [0.2, 0.25) is 0 Å². The second kappa shape index (κ2) is 5.02. The van der Waals surface area contributed by atoms with E-state index in [0.29, 0.717) is 6.04 Å². The standard InChI is InChI=1S/C13H24N2O/c1-10(14)12(13(2,3)4)15(5)9-11-7-6-8-16-11/h6-8,10,12H,9,14H2,1-5H3. The summed E-state index contributed by atoms with van der Waals surface area (Å²) in [5.74, 6) is 0.984. The highest BCUT2D eigenvalue weighted by Gasteiger charge is 2.31. The fourth-order valence-electron chi connectivity index (χ4n) is 2.60. The summed E-state index contributed by atoms with van der Waals surface area (Å²) in [6.45, 7) is 9.53. The number of hydrogen-bond acceptors (Lipinski definition) is 3. The Morgan fingerprint density at radius 1 is 1.44 bits per heavy atom. The molecule has 0 aromatic carbocycles. The molecule has 0 amide bonds. The minimum atomic E-state index is 0.139. The summed E-state index contributed by atoms with van der Waals surface area (Å²) in [5, 5.41) is 0. The van der Waals surface area contributed by atoms with Crippen molar-refractivity contribution in [1.82, 2.24) is 4.90 Å². The van der Waals surface area contributed by atoms with Crippen LogP contribution < -0.4 is 5.73 Å². The summed E-state index contributed by atoms with van der Waals surface area (Å²) in [6, 6.07) is 4.39. The van der Waals surface area contributed by atoms with E-state index in [4.69, 9.17) is 10.2 Å². The van der Waals surface area contributed by atoms with Gasteiger partial charge in [-0.2, -0.15) is 0 Å². The molecule has 0 aliphatic heterocycles. The highest BCUT2D eigenvalue weighted by Crippen LogP contribution is 2.26. The van der Waals surface area contributed by atoms with Gasteiger partial charge in [-0.3, -0.25) is 4.90 Å². The molecule has 0 spiro atoms. The summed E-state index contributed by atoms with van der Waals surface area (Å²) >= 11 is 0. The van der Waals surface area contributed by atoms with Gasteiger partial charge in [-0.15, -0.1) is 0 Å². The van der Waals surface area contributed by atoms with Crippen LogP contribution in [0.15, 0.2) is 22.8 Å². The van der Waals surface area contributed by atoms with E-state index in [9.17, 15) is 0 Å². The normalized spacial score (nSPS) is 16.4. The van der Waals surface area contributed by atoms with Crippen LogP contribution in [0.4, 0.5) is 0 Å². The van der Waals surface area contributed by atoms with Crippen molar-refractivity contribution in [3.63, 3.8) is 0 Å². The molecule has 1 rings (SSSR count). The fraction of sp³-hybridized carbons (Fsp3) is 0.692. The lowest BCUT2D eigenvalue weighted by Gasteiger charge is -2.40. The van der Waals surface area contributed by atoms with Crippen LogP contribution in [0.25, 0.3) is 0 Å². The summed E-state index contributed by atoms with van der Waals surface area (Å²) in [5.41, 5.74) is 6.24. The van der Waals surface area contributed by atoms with Gasteiger partial charge in [-0.05, 0) is 31.5 Å². The van der Waals surface area contributed by atoms with Crippen molar-refractivity contribution in [2.24, 2.45) is 11.1 Å². The topological polar surface area (TPSA) is 42.4 Å². The molecule has 3 heteroatoms. The summed E-state index contributed by atoms with van der Waals surface area (Å²) in [7, 11) is 2.10. The van der Waals surface area contributed by atoms with Gasteiger partial charge in [0.2, 0.25) is 0 Å². The van der Waals surface area contributed by atoms with Gasteiger partial charge in [0.05, 0.1) is 12.8 Å². The number of nitrogens with zero attached hydrogens (tertiary/aromatic N) is 1. The predicted molar refractivity (Wildman–Crippen MR) is 67.1 cm³/mol. The van der Waals surface area contributed by atoms with Crippen LogP contribution in [0.5, 0.6) is 0 Å². The Morgan fingerprint density at radius 2 is 2.06 bits per heavy atom. The van der Waals surface area contributed by atoms with Gasteiger partial charge in [-0.25, -0.2) is 0 Å². The molecule has 2 unspecified atom stereocenters. The maximum Gasteiger partial charge on any atom is 0.117 e. The summed E-state index contributed by atoms with van der Waals surface area (Å²) in [6.07, 6.45) is 1.71. The van der Waals surface area contributed by atoms with E-state index in [0.717, 1.165) is 12.3 Å². The smallest absolute Gasteiger partial charge is 0.117 e. The Balaban J connectivity index is 2.72. The molecule has 2 atom stereocenters. The van der Waals surface area contributed by atoms with E-state index < -0.39 is 0 Å². The van der Waals surface area contributed by atoms with E-state index in [2.05, 4.69) is 39.6 Å². The Labute approximate surface area is 98.6 Å². The van der Waals surface area contributed by atoms with Crippen molar-refractivity contribution in [2.75, 3.05) is 7.05 Å². The van der Waals surface area contributed by atoms with E-state index in [1.165, 1.54) is 0 Å².